The van der Waals surface area contributed by atoms with Gasteiger partial charge in [-0.3, -0.25) is 14.5 Å². The smallest absolute Gasteiger partial charge is 0.263 e. The van der Waals surface area contributed by atoms with Crippen LogP contribution in [0.15, 0.2) is 72.8 Å². The van der Waals surface area contributed by atoms with Crippen molar-refractivity contribution in [3.8, 4) is 16.8 Å². The van der Waals surface area contributed by atoms with E-state index in [1.165, 1.54) is 27.2 Å². The van der Waals surface area contributed by atoms with Crippen LogP contribution in [-0.2, 0) is 0 Å². The number of benzene rings is 4. The summed E-state index contributed by atoms with van der Waals surface area (Å²) >= 11 is 0. The standard InChI is InChI=1S/C30H24N2O2/c1-17-15-18(2)26(19(3)16-17)22-11-7-10-21-20-9-5-6-13-24(20)32(28(21)22)25-14-8-12-23-27(25)30(34)31(4)29(23)33/h5-16H,1-4H3. The first-order valence-electron chi connectivity index (χ1n) is 11.4. The van der Waals surface area contributed by atoms with Crippen molar-refractivity contribution < 1.29 is 9.59 Å². The van der Waals surface area contributed by atoms with Gasteiger partial charge < -0.3 is 4.57 Å². The number of carbonyl (C=O) groups excluding carboxylic acids is 2. The summed E-state index contributed by atoms with van der Waals surface area (Å²) in [6, 6.07) is 24.6. The predicted molar refractivity (Wildman–Crippen MR) is 137 cm³/mol. The Morgan fingerprint density at radius 2 is 1.29 bits per heavy atom. The van der Waals surface area contributed by atoms with Gasteiger partial charge >= 0.3 is 0 Å². The lowest BCUT2D eigenvalue weighted by atomic mass is 9.92. The highest BCUT2D eigenvalue weighted by Crippen LogP contribution is 2.41. The Balaban J connectivity index is 1.81. The predicted octanol–water partition coefficient (Wildman–Crippen LogP) is 6.60. The third-order valence-corrected chi connectivity index (χ3v) is 6.98. The first-order valence-corrected chi connectivity index (χ1v) is 11.4. The van der Waals surface area contributed by atoms with E-state index < -0.39 is 0 Å². The first-order chi connectivity index (χ1) is 16.4. The normalized spacial score (nSPS) is 13.4. The highest BCUT2D eigenvalue weighted by atomic mass is 16.2. The van der Waals surface area contributed by atoms with Crippen molar-refractivity contribution >= 4 is 33.6 Å². The molecule has 0 saturated heterocycles. The molecule has 0 spiro atoms. The minimum absolute atomic E-state index is 0.256. The molecule has 1 aromatic heterocycles. The van der Waals surface area contributed by atoms with Crippen molar-refractivity contribution in [3.63, 3.8) is 0 Å². The van der Waals surface area contributed by atoms with Gasteiger partial charge in [0.05, 0.1) is 27.8 Å². The summed E-state index contributed by atoms with van der Waals surface area (Å²) in [5.41, 5.74) is 9.69. The molecule has 0 unspecified atom stereocenters. The summed E-state index contributed by atoms with van der Waals surface area (Å²) in [5.74, 6) is -0.519. The molecule has 2 heterocycles. The molecule has 0 aliphatic carbocycles. The zero-order valence-electron chi connectivity index (χ0n) is 19.6. The molecule has 6 rings (SSSR count). The highest BCUT2D eigenvalue weighted by molar-refractivity contribution is 6.23. The van der Waals surface area contributed by atoms with Crippen LogP contribution in [0, 0.1) is 20.8 Å². The van der Waals surface area contributed by atoms with Gasteiger partial charge in [-0.2, -0.15) is 0 Å². The lowest BCUT2D eigenvalue weighted by Gasteiger charge is -2.17. The second kappa shape index (κ2) is 7.16. The molecule has 0 atom stereocenters. The molecular formula is C30H24N2O2. The fraction of sp³-hybridized carbons (Fsp3) is 0.133. The summed E-state index contributed by atoms with van der Waals surface area (Å²) in [6.45, 7) is 6.42. The van der Waals surface area contributed by atoms with Gasteiger partial charge in [0.2, 0.25) is 0 Å². The van der Waals surface area contributed by atoms with E-state index in [9.17, 15) is 9.59 Å². The molecule has 0 N–H and O–H groups in total. The lowest BCUT2D eigenvalue weighted by molar-refractivity contribution is 0.0693. The molecule has 5 aromatic rings. The van der Waals surface area contributed by atoms with Crippen molar-refractivity contribution in [3.05, 3.63) is 101 Å². The maximum Gasteiger partial charge on any atom is 0.263 e. The Morgan fingerprint density at radius 1 is 0.647 bits per heavy atom. The van der Waals surface area contributed by atoms with Gasteiger partial charge in [-0.25, -0.2) is 0 Å². The molecule has 166 valence electrons. The molecule has 0 fully saturated rings. The number of aryl methyl sites for hydroxylation is 3. The van der Waals surface area contributed by atoms with E-state index in [-0.39, 0.29) is 11.8 Å². The number of aromatic nitrogens is 1. The Labute approximate surface area is 198 Å². The van der Waals surface area contributed by atoms with E-state index in [2.05, 4.69) is 67.8 Å². The van der Waals surface area contributed by atoms with Crippen molar-refractivity contribution in [2.24, 2.45) is 0 Å². The quantitative estimate of drug-likeness (QED) is 0.288. The van der Waals surface area contributed by atoms with E-state index >= 15 is 0 Å². The number of hydrogen-bond donors (Lipinski definition) is 0. The Kier molecular flexibility index (Phi) is 4.30. The summed E-state index contributed by atoms with van der Waals surface area (Å²) < 4.78 is 2.17. The van der Waals surface area contributed by atoms with Crippen LogP contribution in [0.3, 0.4) is 0 Å². The van der Waals surface area contributed by atoms with Crippen molar-refractivity contribution in [1.82, 2.24) is 9.47 Å². The molecule has 34 heavy (non-hydrogen) atoms. The average Bonchev–Trinajstić information content (AvgIpc) is 3.27. The summed E-state index contributed by atoms with van der Waals surface area (Å²) in [6.07, 6.45) is 0. The summed E-state index contributed by atoms with van der Waals surface area (Å²) in [7, 11) is 1.55. The van der Waals surface area contributed by atoms with Gasteiger partial charge in [0.1, 0.15) is 0 Å². The van der Waals surface area contributed by atoms with Gasteiger partial charge in [-0.15, -0.1) is 0 Å². The zero-order chi connectivity index (χ0) is 23.7. The molecule has 4 aromatic carbocycles. The second-order valence-corrected chi connectivity index (χ2v) is 9.20. The van der Waals surface area contributed by atoms with Gasteiger partial charge in [0, 0.05) is 23.4 Å². The largest absolute Gasteiger partial charge is 0.308 e. The Hall–Kier alpha value is -4.18. The van der Waals surface area contributed by atoms with Gasteiger partial charge in [-0.1, -0.05) is 60.2 Å². The summed E-state index contributed by atoms with van der Waals surface area (Å²) in [5, 5.41) is 2.24. The van der Waals surface area contributed by atoms with Crippen LogP contribution in [0.2, 0.25) is 0 Å². The molecule has 4 nitrogen and oxygen atoms in total. The van der Waals surface area contributed by atoms with Gasteiger partial charge in [-0.05, 0) is 55.7 Å². The first kappa shape index (κ1) is 20.4. The van der Waals surface area contributed by atoms with Crippen LogP contribution in [0.5, 0.6) is 0 Å². The molecule has 2 amide bonds. The van der Waals surface area contributed by atoms with E-state index in [0.717, 1.165) is 33.1 Å². The fourth-order valence-corrected chi connectivity index (χ4v) is 5.65. The minimum Gasteiger partial charge on any atom is -0.308 e. The highest BCUT2D eigenvalue weighted by Gasteiger charge is 2.36. The number of amides is 2. The summed E-state index contributed by atoms with van der Waals surface area (Å²) in [4.78, 5) is 27.2. The molecule has 0 bridgehead atoms. The number of carbonyl (C=O) groups is 2. The maximum atomic E-state index is 13.2. The van der Waals surface area contributed by atoms with Crippen molar-refractivity contribution in [2.45, 2.75) is 20.8 Å². The SMILES string of the molecule is Cc1cc(C)c(-c2cccc3c4ccccc4n(-c4cccc5c4C(=O)N(C)C5=O)c23)c(C)c1. The lowest BCUT2D eigenvalue weighted by Crippen LogP contribution is -2.24. The third kappa shape index (κ3) is 2.65. The Morgan fingerprint density at radius 3 is 2.06 bits per heavy atom. The number of hydrogen-bond acceptors (Lipinski definition) is 2. The molecule has 0 saturated carbocycles. The minimum atomic E-state index is -0.262. The second-order valence-electron chi connectivity index (χ2n) is 9.20. The van der Waals surface area contributed by atoms with Crippen LogP contribution in [0.25, 0.3) is 38.6 Å². The average molecular weight is 445 g/mol. The molecule has 1 aliphatic heterocycles. The zero-order valence-corrected chi connectivity index (χ0v) is 19.6. The fourth-order valence-electron chi connectivity index (χ4n) is 5.65. The number of fused-ring (bicyclic) bond motifs is 4. The monoisotopic (exact) mass is 444 g/mol. The van der Waals surface area contributed by atoms with Crippen LogP contribution < -0.4 is 0 Å². The number of rotatable bonds is 2. The van der Waals surface area contributed by atoms with Gasteiger partial charge in [0.25, 0.3) is 11.8 Å². The van der Waals surface area contributed by atoms with Crippen molar-refractivity contribution in [2.75, 3.05) is 7.05 Å². The van der Waals surface area contributed by atoms with E-state index in [1.54, 1.807) is 13.1 Å². The van der Waals surface area contributed by atoms with Gasteiger partial charge in [0.15, 0.2) is 0 Å². The van der Waals surface area contributed by atoms with Crippen LogP contribution in [0.4, 0.5) is 0 Å². The molecule has 4 heteroatoms. The van der Waals surface area contributed by atoms with E-state index in [1.807, 2.05) is 24.3 Å². The van der Waals surface area contributed by atoms with Crippen LogP contribution in [-0.4, -0.2) is 28.3 Å². The third-order valence-electron chi connectivity index (χ3n) is 6.98. The number of para-hydroxylation sites is 2. The van der Waals surface area contributed by atoms with Crippen LogP contribution in [0.1, 0.15) is 37.4 Å². The number of imide groups is 1. The maximum absolute atomic E-state index is 13.2. The van der Waals surface area contributed by atoms with Crippen LogP contribution >= 0.6 is 0 Å². The van der Waals surface area contributed by atoms with Crippen molar-refractivity contribution in [1.29, 1.82) is 0 Å². The molecular weight excluding hydrogens is 420 g/mol. The Bertz CT molecular complexity index is 1670. The molecule has 1 aliphatic rings. The topological polar surface area (TPSA) is 42.3 Å². The van der Waals surface area contributed by atoms with E-state index in [0.29, 0.717) is 11.1 Å². The molecule has 0 radical (unpaired) electrons. The number of nitrogens with zero attached hydrogens (tertiary/aromatic N) is 2. The van der Waals surface area contributed by atoms with E-state index in [4.69, 9.17) is 0 Å².